The third-order valence-electron chi connectivity index (χ3n) is 4.02. The van der Waals surface area contributed by atoms with E-state index < -0.39 is 37.4 Å². The Morgan fingerprint density at radius 3 is 2.56 bits per heavy atom. The average Bonchev–Trinajstić information content (AvgIpc) is 3.04. The average molecular weight is 389 g/mol. The van der Waals surface area contributed by atoms with Gasteiger partial charge < -0.3 is 24.8 Å². The van der Waals surface area contributed by atoms with Crippen LogP contribution in [0.5, 0.6) is 5.75 Å². The molecule has 2 aromatic rings. The van der Waals surface area contributed by atoms with E-state index in [4.69, 9.17) is 26.2 Å². The van der Waals surface area contributed by atoms with Crippen molar-refractivity contribution in [3.63, 3.8) is 0 Å². The monoisotopic (exact) mass is 388 g/mol. The summed E-state index contributed by atoms with van der Waals surface area (Å²) in [6.45, 7) is -0.619. The van der Waals surface area contributed by atoms with Crippen molar-refractivity contribution in [1.82, 2.24) is 0 Å². The molecule has 1 aliphatic heterocycles. The van der Waals surface area contributed by atoms with Crippen molar-refractivity contribution in [2.45, 2.75) is 37.2 Å². The van der Waals surface area contributed by atoms with Crippen LogP contribution in [0.25, 0.3) is 0 Å². The molecule has 3 N–H and O–H groups in total. The number of ether oxygens (including phenoxy) is 2. The van der Waals surface area contributed by atoms with Gasteiger partial charge in [0.2, 0.25) is 6.29 Å². The summed E-state index contributed by atoms with van der Waals surface area (Å²) in [5.74, 6) is 0.477. The molecule has 3 rings (SSSR count). The summed E-state index contributed by atoms with van der Waals surface area (Å²) in [4.78, 5) is 0.885. The zero-order chi connectivity index (χ0) is 18.0. The number of rotatable bonds is 5. The summed E-state index contributed by atoms with van der Waals surface area (Å²) in [6.07, 6.45) is -7.05. The van der Waals surface area contributed by atoms with Crippen LogP contribution in [0, 0.1) is 0 Å². The van der Waals surface area contributed by atoms with Gasteiger partial charge in [0, 0.05) is 11.4 Å². The van der Waals surface area contributed by atoms with Crippen LogP contribution >= 0.6 is 22.9 Å². The summed E-state index contributed by atoms with van der Waals surface area (Å²) in [5, 5.41) is 31.4. The molecular formula is C17H18ClFO5S. The number of aliphatic hydroxyl groups is 3. The van der Waals surface area contributed by atoms with Gasteiger partial charge in [0.15, 0.2) is 6.17 Å². The Labute approximate surface area is 153 Å². The lowest BCUT2D eigenvalue weighted by Crippen LogP contribution is -2.58. The third-order valence-corrected chi connectivity index (χ3v) is 5.18. The highest BCUT2D eigenvalue weighted by Gasteiger charge is 2.46. The molecule has 0 amide bonds. The topological polar surface area (TPSA) is 79.2 Å². The predicted octanol–water partition coefficient (Wildman–Crippen LogP) is 2.15. The molecule has 0 radical (unpaired) electrons. The van der Waals surface area contributed by atoms with Crippen LogP contribution in [0.15, 0.2) is 35.7 Å². The molecule has 1 aliphatic rings. The molecule has 0 bridgehead atoms. The molecule has 1 fully saturated rings. The zero-order valence-electron chi connectivity index (χ0n) is 13.1. The highest BCUT2D eigenvalue weighted by molar-refractivity contribution is 7.10. The summed E-state index contributed by atoms with van der Waals surface area (Å²) < 4.78 is 24.7. The maximum Gasteiger partial charge on any atom is 0.229 e. The molecule has 5 unspecified atom stereocenters. The van der Waals surface area contributed by atoms with Crippen molar-refractivity contribution < 1.29 is 29.2 Å². The van der Waals surface area contributed by atoms with Crippen molar-refractivity contribution >= 4 is 22.9 Å². The summed E-state index contributed by atoms with van der Waals surface area (Å²) in [7, 11) is 0. The first-order chi connectivity index (χ1) is 12.0. The van der Waals surface area contributed by atoms with Crippen molar-refractivity contribution in [2.24, 2.45) is 0 Å². The molecule has 0 saturated carbocycles. The fourth-order valence-electron chi connectivity index (χ4n) is 2.61. The Morgan fingerprint density at radius 2 is 1.88 bits per heavy atom. The number of benzene rings is 1. The van der Waals surface area contributed by atoms with Crippen molar-refractivity contribution in [3.8, 4) is 5.75 Å². The molecule has 1 saturated heterocycles. The van der Waals surface area contributed by atoms with E-state index in [2.05, 4.69) is 0 Å². The van der Waals surface area contributed by atoms with E-state index in [1.165, 1.54) is 11.3 Å². The molecule has 0 spiro atoms. The fourth-order valence-corrected chi connectivity index (χ4v) is 3.58. The van der Waals surface area contributed by atoms with E-state index in [1.54, 1.807) is 18.2 Å². The summed E-state index contributed by atoms with van der Waals surface area (Å²) in [5.41, 5.74) is 1.03. The Morgan fingerprint density at radius 1 is 1.16 bits per heavy atom. The van der Waals surface area contributed by atoms with Gasteiger partial charge in [0.05, 0.1) is 11.5 Å². The lowest BCUT2D eigenvalue weighted by Gasteiger charge is -2.38. The normalized spacial score (nSPS) is 29.6. The molecule has 8 heteroatoms. The predicted molar refractivity (Wildman–Crippen MR) is 91.9 cm³/mol. The molecule has 136 valence electrons. The maximum absolute atomic E-state index is 13.8. The Kier molecular flexibility index (Phi) is 5.93. The van der Waals surface area contributed by atoms with Crippen LogP contribution in [-0.4, -0.2) is 52.7 Å². The Hall–Kier alpha value is -1.22. The van der Waals surface area contributed by atoms with E-state index >= 15 is 0 Å². The molecule has 1 aromatic carbocycles. The minimum Gasteiger partial charge on any atom is -0.461 e. The van der Waals surface area contributed by atoms with Crippen LogP contribution in [-0.2, 0) is 11.2 Å². The van der Waals surface area contributed by atoms with Crippen molar-refractivity contribution in [2.75, 3.05) is 6.61 Å². The lowest BCUT2D eigenvalue weighted by molar-refractivity contribution is -0.265. The van der Waals surface area contributed by atoms with Gasteiger partial charge in [0.25, 0.3) is 0 Å². The smallest absolute Gasteiger partial charge is 0.229 e. The zero-order valence-corrected chi connectivity index (χ0v) is 14.7. The van der Waals surface area contributed by atoms with Crippen LogP contribution < -0.4 is 4.74 Å². The van der Waals surface area contributed by atoms with Gasteiger partial charge >= 0.3 is 0 Å². The third kappa shape index (κ3) is 4.13. The van der Waals surface area contributed by atoms with E-state index in [1.807, 2.05) is 17.5 Å². The van der Waals surface area contributed by atoms with Gasteiger partial charge in [-0.05, 0) is 29.1 Å². The number of halogens is 2. The number of aliphatic hydroxyl groups excluding tert-OH is 3. The maximum atomic E-state index is 13.8. The second-order valence-corrected chi connectivity index (χ2v) is 7.22. The van der Waals surface area contributed by atoms with Gasteiger partial charge in [-0.1, -0.05) is 23.7 Å². The first-order valence-corrected chi connectivity index (χ1v) is 8.99. The number of hydrogen-bond acceptors (Lipinski definition) is 6. The van der Waals surface area contributed by atoms with Gasteiger partial charge in [0.1, 0.15) is 24.1 Å². The minimum atomic E-state index is -1.88. The van der Waals surface area contributed by atoms with Crippen LogP contribution in [0.4, 0.5) is 4.39 Å². The molecule has 5 atom stereocenters. The van der Waals surface area contributed by atoms with Crippen molar-refractivity contribution in [3.05, 3.63) is 51.2 Å². The summed E-state index contributed by atoms with van der Waals surface area (Å²) in [6, 6.07) is 9.10. The second-order valence-electron chi connectivity index (χ2n) is 5.78. The largest absolute Gasteiger partial charge is 0.461 e. The van der Waals surface area contributed by atoms with E-state index in [0.29, 0.717) is 17.2 Å². The van der Waals surface area contributed by atoms with E-state index in [-0.39, 0.29) is 0 Å². The number of alkyl halides is 1. The molecule has 0 aliphatic carbocycles. The van der Waals surface area contributed by atoms with Crippen LogP contribution in [0.2, 0.25) is 5.02 Å². The molecule has 25 heavy (non-hydrogen) atoms. The van der Waals surface area contributed by atoms with Crippen LogP contribution in [0.3, 0.4) is 0 Å². The fraction of sp³-hybridized carbons (Fsp3) is 0.412. The first-order valence-electron chi connectivity index (χ1n) is 7.73. The highest BCUT2D eigenvalue weighted by Crippen LogP contribution is 2.32. The molecule has 2 heterocycles. The molecule has 1 aromatic heterocycles. The summed E-state index contributed by atoms with van der Waals surface area (Å²) >= 11 is 7.35. The Bertz CT molecular complexity index is 693. The van der Waals surface area contributed by atoms with Crippen molar-refractivity contribution in [1.29, 1.82) is 0 Å². The van der Waals surface area contributed by atoms with E-state index in [0.717, 1.165) is 10.4 Å². The van der Waals surface area contributed by atoms with Gasteiger partial charge in [-0.15, -0.1) is 11.3 Å². The number of thiophene rings is 1. The second kappa shape index (κ2) is 7.99. The van der Waals surface area contributed by atoms with Crippen LogP contribution in [0.1, 0.15) is 10.4 Å². The highest BCUT2D eigenvalue weighted by atomic mass is 35.5. The minimum absolute atomic E-state index is 0.477. The van der Waals surface area contributed by atoms with Gasteiger partial charge in [-0.25, -0.2) is 4.39 Å². The Balaban J connectivity index is 1.73. The quantitative estimate of drug-likeness (QED) is 0.731. The SMILES string of the molecule is OCC1OC(Oc2ccsc2Cc2ccc(Cl)cc2)C(O)C(O)C1F. The standard InChI is InChI=1S/C17H18ClFO5S/c18-10-3-1-9(2-4-10)7-13-11(5-6-25-13)23-17-16(22)15(21)14(19)12(8-20)24-17/h1-6,12,14-17,20-22H,7-8H2. The van der Waals surface area contributed by atoms with Gasteiger partial charge in [-0.2, -0.15) is 0 Å². The molecule has 5 nitrogen and oxygen atoms in total. The first kappa shape index (κ1) is 18.6. The molecular weight excluding hydrogens is 371 g/mol. The van der Waals surface area contributed by atoms with E-state index in [9.17, 15) is 14.6 Å². The number of hydrogen-bond donors (Lipinski definition) is 3. The lowest BCUT2D eigenvalue weighted by atomic mass is 10.0. The van der Waals surface area contributed by atoms with Gasteiger partial charge in [-0.3, -0.25) is 0 Å².